The quantitative estimate of drug-likeness (QED) is 0.619. The Hall–Kier alpha value is -2.61. The van der Waals surface area contributed by atoms with E-state index in [9.17, 15) is 9.59 Å². The van der Waals surface area contributed by atoms with E-state index in [1.807, 2.05) is 31.2 Å². The van der Waals surface area contributed by atoms with Crippen LogP contribution in [-0.2, 0) is 9.53 Å². The molecule has 26 heavy (non-hydrogen) atoms. The fraction of sp³-hybridized carbons (Fsp3) is 0.333. The maximum atomic E-state index is 12.3. The summed E-state index contributed by atoms with van der Waals surface area (Å²) in [6.45, 7) is 5.68. The van der Waals surface area contributed by atoms with E-state index in [1.54, 1.807) is 13.8 Å². The number of ether oxygens (including phenoxy) is 1. The van der Waals surface area contributed by atoms with Crippen LogP contribution in [0.2, 0.25) is 0 Å². The van der Waals surface area contributed by atoms with Gasteiger partial charge in [0.05, 0.1) is 34.9 Å². The molecule has 7 nitrogen and oxygen atoms in total. The number of aryl methyl sites for hydroxylation is 1. The maximum absolute atomic E-state index is 12.3. The molecule has 2 heterocycles. The van der Waals surface area contributed by atoms with Crippen LogP contribution in [0.5, 0.6) is 0 Å². The number of carbonyl (C=O) groups excluding carboxylic acids is 2. The van der Waals surface area contributed by atoms with Gasteiger partial charge < -0.3 is 15.4 Å². The fourth-order valence-corrected chi connectivity index (χ4v) is 3.67. The van der Waals surface area contributed by atoms with E-state index in [0.29, 0.717) is 17.0 Å². The minimum atomic E-state index is -0.426. The molecule has 2 N–H and O–H groups in total. The molecule has 0 saturated carbocycles. The van der Waals surface area contributed by atoms with Gasteiger partial charge in [0.2, 0.25) is 0 Å². The molecule has 0 radical (unpaired) electrons. The molecule has 2 aromatic rings. The topological polar surface area (TPSA) is 93.2 Å². The highest BCUT2D eigenvalue weighted by Crippen LogP contribution is 2.26. The van der Waals surface area contributed by atoms with E-state index in [4.69, 9.17) is 4.74 Å². The van der Waals surface area contributed by atoms with Crippen LogP contribution >= 0.6 is 11.8 Å². The molecule has 8 heteroatoms. The number of amides is 2. The van der Waals surface area contributed by atoms with Gasteiger partial charge in [0.15, 0.2) is 0 Å². The van der Waals surface area contributed by atoms with Gasteiger partial charge in [0.25, 0.3) is 0 Å². The normalized spacial score (nSPS) is 17.0. The zero-order valence-electron chi connectivity index (χ0n) is 14.8. The molecule has 1 aliphatic rings. The van der Waals surface area contributed by atoms with E-state index in [-0.39, 0.29) is 12.6 Å². The molecule has 1 aromatic carbocycles. The van der Waals surface area contributed by atoms with Crippen molar-refractivity contribution in [3.05, 3.63) is 41.2 Å². The smallest absolute Gasteiger partial charge is 0.337 e. The predicted molar refractivity (Wildman–Crippen MR) is 99.8 cm³/mol. The molecule has 1 atom stereocenters. The van der Waals surface area contributed by atoms with Crippen LogP contribution in [0.3, 0.4) is 0 Å². The number of para-hydroxylation sites is 2. The van der Waals surface area contributed by atoms with Crippen LogP contribution < -0.4 is 10.6 Å². The summed E-state index contributed by atoms with van der Waals surface area (Å²) in [7, 11) is 0. The van der Waals surface area contributed by atoms with Crippen molar-refractivity contribution < 1.29 is 14.3 Å². The van der Waals surface area contributed by atoms with Gasteiger partial charge in [-0.1, -0.05) is 23.9 Å². The lowest BCUT2D eigenvalue weighted by atomic mass is 10.1. The monoisotopic (exact) mass is 372 g/mol. The third kappa shape index (κ3) is 3.80. The number of hydrogen-bond donors (Lipinski definition) is 2. The lowest BCUT2D eigenvalue weighted by Crippen LogP contribution is -2.49. The summed E-state index contributed by atoms with van der Waals surface area (Å²) in [5, 5.41) is 6.17. The summed E-state index contributed by atoms with van der Waals surface area (Å²) < 4.78 is 5.13. The third-order valence-corrected chi connectivity index (χ3v) is 5.01. The van der Waals surface area contributed by atoms with E-state index in [0.717, 1.165) is 21.8 Å². The van der Waals surface area contributed by atoms with Crippen molar-refractivity contribution in [3.8, 4) is 0 Å². The minimum absolute atomic E-state index is 0.276. The first-order valence-electron chi connectivity index (χ1n) is 8.33. The highest BCUT2D eigenvalue weighted by Gasteiger charge is 2.29. The molecule has 0 bridgehead atoms. The number of hydrogen-bond acceptors (Lipinski definition) is 6. The highest BCUT2D eigenvalue weighted by molar-refractivity contribution is 7.99. The molecular formula is C18H20N4O3S. The lowest BCUT2D eigenvalue weighted by molar-refractivity contribution is -0.138. The Morgan fingerprint density at radius 2 is 1.96 bits per heavy atom. The van der Waals surface area contributed by atoms with Crippen LogP contribution in [-0.4, -0.2) is 40.4 Å². The van der Waals surface area contributed by atoms with Crippen LogP contribution in [0.1, 0.15) is 19.5 Å². The molecule has 1 unspecified atom stereocenters. The van der Waals surface area contributed by atoms with Gasteiger partial charge in [0.1, 0.15) is 5.03 Å². The average molecular weight is 372 g/mol. The number of esters is 1. The summed E-state index contributed by atoms with van der Waals surface area (Å²) in [5.41, 5.74) is 3.43. The SMILES string of the molecule is CCOC(=O)C1=C(CSc2nc3ccccc3nc2C)NC(=O)NC1C. The highest BCUT2D eigenvalue weighted by atomic mass is 32.2. The van der Waals surface area contributed by atoms with Gasteiger partial charge in [-0.05, 0) is 32.9 Å². The molecule has 1 aromatic heterocycles. The Morgan fingerprint density at radius 3 is 2.65 bits per heavy atom. The molecule has 1 aliphatic heterocycles. The summed E-state index contributed by atoms with van der Waals surface area (Å²) in [6, 6.07) is 6.91. The zero-order chi connectivity index (χ0) is 18.7. The van der Waals surface area contributed by atoms with E-state index in [2.05, 4.69) is 20.6 Å². The Morgan fingerprint density at radius 1 is 1.27 bits per heavy atom. The first kappa shape index (κ1) is 18.2. The summed E-state index contributed by atoms with van der Waals surface area (Å²) >= 11 is 1.43. The molecule has 0 fully saturated rings. The van der Waals surface area contributed by atoms with Crippen molar-refractivity contribution >= 4 is 34.8 Å². The number of nitrogens with zero attached hydrogens (tertiary/aromatic N) is 2. The number of urea groups is 1. The Bertz CT molecular complexity index is 897. The van der Waals surface area contributed by atoms with Gasteiger partial charge >= 0.3 is 12.0 Å². The van der Waals surface area contributed by atoms with Crippen molar-refractivity contribution in [1.29, 1.82) is 0 Å². The molecule has 0 spiro atoms. The second-order valence-electron chi connectivity index (χ2n) is 5.82. The van der Waals surface area contributed by atoms with E-state index < -0.39 is 12.0 Å². The van der Waals surface area contributed by atoms with Crippen LogP contribution in [0.25, 0.3) is 11.0 Å². The van der Waals surface area contributed by atoms with Crippen molar-refractivity contribution in [2.75, 3.05) is 12.4 Å². The molecule has 0 aliphatic carbocycles. The maximum Gasteiger partial charge on any atom is 0.337 e. The van der Waals surface area contributed by atoms with Crippen LogP contribution in [0.4, 0.5) is 4.79 Å². The lowest BCUT2D eigenvalue weighted by Gasteiger charge is -2.26. The minimum Gasteiger partial charge on any atom is -0.463 e. The first-order valence-corrected chi connectivity index (χ1v) is 9.32. The van der Waals surface area contributed by atoms with Gasteiger partial charge in [-0.2, -0.15) is 0 Å². The Kier molecular flexibility index (Phi) is 5.41. The van der Waals surface area contributed by atoms with Gasteiger partial charge in [0, 0.05) is 11.4 Å². The van der Waals surface area contributed by atoms with E-state index >= 15 is 0 Å². The number of nitrogens with one attached hydrogen (secondary N) is 2. The zero-order valence-corrected chi connectivity index (χ0v) is 15.6. The average Bonchev–Trinajstić information content (AvgIpc) is 2.59. The van der Waals surface area contributed by atoms with Crippen LogP contribution in [0, 0.1) is 6.92 Å². The van der Waals surface area contributed by atoms with Crippen molar-refractivity contribution in [2.45, 2.75) is 31.8 Å². The molecule has 0 saturated heterocycles. The summed E-state index contributed by atoms with van der Waals surface area (Å²) in [4.78, 5) is 33.3. The van der Waals surface area contributed by atoms with Crippen molar-refractivity contribution in [1.82, 2.24) is 20.6 Å². The van der Waals surface area contributed by atoms with Gasteiger partial charge in [-0.3, -0.25) is 0 Å². The van der Waals surface area contributed by atoms with Gasteiger partial charge in [-0.25, -0.2) is 19.6 Å². The number of carbonyl (C=O) groups is 2. The largest absolute Gasteiger partial charge is 0.463 e. The molecular weight excluding hydrogens is 352 g/mol. The van der Waals surface area contributed by atoms with Crippen molar-refractivity contribution in [3.63, 3.8) is 0 Å². The second-order valence-corrected chi connectivity index (χ2v) is 6.79. The predicted octanol–water partition coefficient (Wildman–Crippen LogP) is 2.55. The van der Waals surface area contributed by atoms with Crippen molar-refractivity contribution in [2.24, 2.45) is 0 Å². The Labute approximate surface area is 155 Å². The standard InChI is InChI=1S/C18H20N4O3S/c1-4-25-17(23)15-10(2)20-18(24)22-14(15)9-26-16-11(3)19-12-7-5-6-8-13(12)21-16/h5-8,10H,4,9H2,1-3H3,(H2,20,22,24). The second kappa shape index (κ2) is 7.74. The molecule has 2 amide bonds. The summed E-state index contributed by atoms with van der Waals surface area (Å²) in [5.74, 6) is -0.0378. The van der Waals surface area contributed by atoms with Gasteiger partial charge in [-0.15, -0.1) is 0 Å². The fourth-order valence-electron chi connectivity index (χ4n) is 2.74. The number of fused-ring (bicyclic) bond motifs is 1. The van der Waals surface area contributed by atoms with E-state index in [1.165, 1.54) is 11.8 Å². The number of thioether (sulfide) groups is 1. The summed E-state index contributed by atoms with van der Waals surface area (Å²) in [6.07, 6.45) is 0. The van der Waals surface area contributed by atoms with Crippen LogP contribution in [0.15, 0.2) is 40.6 Å². The Balaban J connectivity index is 1.88. The molecule has 136 valence electrons. The number of rotatable bonds is 5. The first-order chi connectivity index (χ1) is 12.5. The number of benzene rings is 1. The molecule has 3 rings (SSSR count). The third-order valence-electron chi connectivity index (χ3n) is 3.92. The number of aromatic nitrogens is 2.